The lowest BCUT2D eigenvalue weighted by molar-refractivity contribution is -0.145. The van der Waals surface area contributed by atoms with E-state index in [4.69, 9.17) is 4.74 Å². The highest BCUT2D eigenvalue weighted by molar-refractivity contribution is 5.85. The fraction of sp³-hybridized carbons (Fsp3) is 0.562. The number of rotatable bonds is 4. The third-order valence-corrected chi connectivity index (χ3v) is 4.48. The maximum Gasteiger partial charge on any atom is 0.332 e. The summed E-state index contributed by atoms with van der Waals surface area (Å²) >= 11 is 0. The first-order valence-corrected chi connectivity index (χ1v) is 7.42. The van der Waals surface area contributed by atoms with Crippen molar-refractivity contribution in [3.63, 3.8) is 0 Å². The van der Waals surface area contributed by atoms with Gasteiger partial charge in [0.25, 0.3) is 0 Å². The van der Waals surface area contributed by atoms with Gasteiger partial charge in [0.1, 0.15) is 11.4 Å². The number of halogens is 1. The van der Waals surface area contributed by atoms with Gasteiger partial charge in [-0.2, -0.15) is 0 Å². The molecule has 2 unspecified atom stereocenters. The Labute approximate surface area is 124 Å². The summed E-state index contributed by atoms with van der Waals surface area (Å²) in [4.78, 5) is 14.7. The Morgan fingerprint density at radius 3 is 2.62 bits per heavy atom. The van der Waals surface area contributed by atoms with Crippen molar-refractivity contribution in [2.24, 2.45) is 0 Å². The number of nitrogens with zero attached hydrogens (tertiary/aromatic N) is 1. The molecule has 0 radical (unpaired) electrons. The molecule has 1 aromatic carbocycles. The van der Waals surface area contributed by atoms with E-state index in [-0.39, 0.29) is 11.8 Å². The maximum absolute atomic E-state index is 13.0. The highest BCUT2D eigenvalue weighted by atomic mass is 19.1. The summed E-state index contributed by atoms with van der Waals surface area (Å²) in [6.07, 6.45) is 3.11. The number of carbonyl (C=O) groups is 1. The molecule has 1 saturated heterocycles. The molecule has 0 bridgehead atoms. The van der Waals surface area contributed by atoms with Crippen LogP contribution >= 0.6 is 0 Å². The van der Waals surface area contributed by atoms with E-state index in [1.807, 2.05) is 0 Å². The maximum atomic E-state index is 13.0. The molecule has 21 heavy (non-hydrogen) atoms. The second-order valence-electron chi connectivity index (χ2n) is 6.16. The van der Waals surface area contributed by atoms with Crippen molar-refractivity contribution >= 4 is 11.7 Å². The minimum absolute atomic E-state index is 0.248. The first kappa shape index (κ1) is 14.3. The largest absolute Gasteiger partial charge is 0.467 e. The quantitative estimate of drug-likeness (QED) is 0.865. The minimum Gasteiger partial charge on any atom is -0.467 e. The molecule has 1 saturated carbocycles. The average Bonchev–Trinajstić information content (AvgIpc) is 3.26. The summed E-state index contributed by atoms with van der Waals surface area (Å²) in [6, 6.07) is 7.04. The Hall–Kier alpha value is -1.62. The molecule has 2 fully saturated rings. The molecule has 1 aliphatic heterocycles. The minimum atomic E-state index is -0.741. The van der Waals surface area contributed by atoms with Crippen molar-refractivity contribution in [1.82, 2.24) is 4.90 Å². The monoisotopic (exact) mass is 292 g/mol. The molecule has 1 N–H and O–H groups in total. The lowest BCUT2D eigenvalue weighted by Crippen LogP contribution is -2.49. The Balaban J connectivity index is 1.84. The SMILES string of the molecule is COC(=O)C1(Nc2ccc(F)cc2)CC(C)N(C2CC2)C1. The second kappa shape index (κ2) is 5.30. The third-order valence-electron chi connectivity index (χ3n) is 4.48. The van der Waals surface area contributed by atoms with Crippen LogP contribution < -0.4 is 5.32 Å². The predicted octanol–water partition coefficient (Wildman–Crippen LogP) is 2.41. The summed E-state index contributed by atoms with van der Waals surface area (Å²) in [6.45, 7) is 2.79. The lowest BCUT2D eigenvalue weighted by atomic mass is 9.95. The molecular formula is C16H21FN2O2. The molecule has 0 aromatic heterocycles. The van der Waals surface area contributed by atoms with Gasteiger partial charge in [0, 0.05) is 24.3 Å². The van der Waals surface area contributed by atoms with Crippen LogP contribution in [0.2, 0.25) is 0 Å². The summed E-state index contributed by atoms with van der Waals surface area (Å²) in [7, 11) is 1.42. The highest BCUT2D eigenvalue weighted by Crippen LogP contribution is 2.39. The molecule has 2 atom stereocenters. The Bertz CT molecular complexity index is 530. The van der Waals surface area contributed by atoms with E-state index < -0.39 is 5.54 Å². The first-order valence-electron chi connectivity index (χ1n) is 7.42. The van der Waals surface area contributed by atoms with Crippen molar-refractivity contribution in [2.45, 2.75) is 43.8 Å². The molecule has 5 heteroatoms. The van der Waals surface area contributed by atoms with E-state index in [0.717, 1.165) is 5.69 Å². The average molecular weight is 292 g/mol. The van der Waals surface area contributed by atoms with Crippen LogP contribution in [0.15, 0.2) is 24.3 Å². The molecule has 0 spiro atoms. The molecule has 4 nitrogen and oxygen atoms in total. The number of benzene rings is 1. The number of carbonyl (C=O) groups excluding carboxylic acids is 1. The zero-order chi connectivity index (χ0) is 15.0. The van der Waals surface area contributed by atoms with Gasteiger partial charge < -0.3 is 10.1 Å². The molecule has 1 heterocycles. The smallest absolute Gasteiger partial charge is 0.332 e. The van der Waals surface area contributed by atoms with Crippen LogP contribution in [-0.4, -0.2) is 42.1 Å². The van der Waals surface area contributed by atoms with Crippen LogP contribution in [0, 0.1) is 5.82 Å². The van der Waals surface area contributed by atoms with Crippen molar-refractivity contribution in [2.75, 3.05) is 19.0 Å². The van der Waals surface area contributed by atoms with E-state index in [2.05, 4.69) is 17.1 Å². The highest BCUT2D eigenvalue weighted by Gasteiger charge is 2.52. The van der Waals surface area contributed by atoms with Gasteiger partial charge in [-0.3, -0.25) is 4.90 Å². The number of hydrogen-bond donors (Lipinski definition) is 1. The first-order chi connectivity index (χ1) is 10.0. The van der Waals surface area contributed by atoms with E-state index in [1.165, 1.54) is 32.1 Å². The second-order valence-corrected chi connectivity index (χ2v) is 6.16. The zero-order valence-corrected chi connectivity index (χ0v) is 12.4. The van der Waals surface area contributed by atoms with Crippen LogP contribution in [0.25, 0.3) is 0 Å². The summed E-state index contributed by atoms with van der Waals surface area (Å²) in [5.74, 6) is -0.533. The summed E-state index contributed by atoms with van der Waals surface area (Å²) in [5.41, 5.74) is 0.000784. The van der Waals surface area contributed by atoms with Crippen LogP contribution in [0.1, 0.15) is 26.2 Å². The van der Waals surface area contributed by atoms with Gasteiger partial charge in [0.15, 0.2) is 0 Å². The number of ether oxygens (including phenoxy) is 1. The van der Waals surface area contributed by atoms with Crippen molar-refractivity contribution in [1.29, 1.82) is 0 Å². The zero-order valence-electron chi connectivity index (χ0n) is 12.4. The number of esters is 1. The lowest BCUT2D eigenvalue weighted by Gasteiger charge is -2.29. The molecule has 0 amide bonds. The topological polar surface area (TPSA) is 41.6 Å². The number of methoxy groups -OCH3 is 1. The Morgan fingerprint density at radius 1 is 1.38 bits per heavy atom. The fourth-order valence-electron chi connectivity index (χ4n) is 3.34. The number of nitrogens with one attached hydrogen (secondary N) is 1. The van der Waals surface area contributed by atoms with Gasteiger partial charge in [-0.1, -0.05) is 0 Å². The van der Waals surface area contributed by atoms with Gasteiger partial charge in [0.05, 0.1) is 7.11 Å². The van der Waals surface area contributed by atoms with Gasteiger partial charge in [-0.05, 0) is 50.5 Å². The number of anilines is 1. The summed E-state index contributed by atoms with van der Waals surface area (Å²) < 4.78 is 18.1. The standard InChI is InChI=1S/C16H21FN2O2/c1-11-9-16(15(20)21-2,10-19(11)14-7-8-14)18-13-5-3-12(17)4-6-13/h3-6,11,14,18H,7-10H2,1-2H3. The number of hydrogen-bond acceptors (Lipinski definition) is 4. The van der Waals surface area contributed by atoms with Crippen LogP contribution in [0.3, 0.4) is 0 Å². The van der Waals surface area contributed by atoms with E-state index in [0.29, 0.717) is 25.0 Å². The van der Waals surface area contributed by atoms with E-state index in [1.54, 1.807) is 12.1 Å². The van der Waals surface area contributed by atoms with Gasteiger partial charge in [0.2, 0.25) is 0 Å². The Morgan fingerprint density at radius 2 is 2.05 bits per heavy atom. The molecule has 2 aliphatic rings. The fourth-order valence-corrected chi connectivity index (χ4v) is 3.34. The Kier molecular flexibility index (Phi) is 3.61. The predicted molar refractivity (Wildman–Crippen MR) is 78.6 cm³/mol. The number of likely N-dealkylation sites (tertiary alicyclic amines) is 1. The molecule has 1 aliphatic carbocycles. The van der Waals surface area contributed by atoms with Crippen LogP contribution in [0.4, 0.5) is 10.1 Å². The van der Waals surface area contributed by atoms with E-state index in [9.17, 15) is 9.18 Å². The molecular weight excluding hydrogens is 271 g/mol. The van der Waals surface area contributed by atoms with Crippen LogP contribution in [-0.2, 0) is 9.53 Å². The third kappa shape index (κ3) is 2.75. The van der Waals surface area contributed by atoms with Crippen molar-refractivity contribution in [3.05, 3.63) is 30.1 Å². The molecule has 114 valence electrons. The molecule has 1 aromatic rings. The van der Waals surface area contributed by atoms with E-state index >= 15 is 0 Å². The van der Waals surface area contributed by atoms with Crippen LogP contribution in [0.5, 0.6) is 0 Å². The normalized spacial score (nSPS) is 29.4. The summed E-state index contributed by atoms with van der Waals surface area (Å²) in [5, 5.41) is 3.29. The molecule has 3 rings (SSSR count). The van der Waals surface area contributed by atoms with Gasteiger partial charge >= 0.3 is 5.97 Å². The van der Waals surface area contributed by atoms with Gasteiger partial charge in [-0.25, -0.2) is 9.18 Å². The van der Waals surface area contributed by atoms with Crippen molar-refractivity contribution in [3.8, 4) is 0 Å². The van der Waals surface area contributed by atoms with Gasteiger partial charge in [-0.15, -0.1) is 0 Å². The van der Waals surface area contributed by atoms with Crippen molar-refractivity contribution < 1.29 is 13.9 Å².